The largest absolute Gasteiger partial charge is 0.377 e. The van der Waals surface area contributed by atoms with E-state index in [0.717, 1.165) is 4.88 Å². The molecule has 2 aromatic heterocycles. The van der Waals surface area contributed by atoms with Crippen molar-refractivity contribution in [3.63, 3.8) is 0 Å². The molecule has 11 heteroatoms. The molecule has 2 unspecified atom stereocenters. The molecule has 0 aromatic carbocycles. The number of thiophene rings is 1. The SMILES string of the molecule is CN1SC2COCC2(c2sc(C(=O)Nc3cccc(Cl)n3)cc2Cl)NC1=N. The van der Waals surface area contributed by atoms with E-state index in [2.05, 4.69) is 15.6 Å². The molecule has 0 radical (unpaired) electrons. The fourth-order valence-corrected chi connectivity index (χ4v) is 5.98. The van der Waals surface area contributed by atoms with Gasteiger partial charge in [0, 0.05) is 7.05 Å². The van der Waals surface area contributed by atoms with Crippen LogP contribution in [0.4, 0.5) is 5.82 Å². The van der Waals surface area contributed by atoms with Crippen LogP contribution in [0.3, 0.4) is 0 Å². The molecular weight excluding hydrogens is 429 g/mol. The lowest BCUT2D eigenvalue weighted by Crippen LogP contribution is -2.59. The number of hydrogen-bond acceptors (Lipinski definition) is 6. The number of aromatic nitrogens is 1. The average Bonchev–Trinajstić information content (AvgIpc) is 3.19. The average molecular weight is 444 g/mol. The highest BCUT2D eigenvalue weighted by Crippen LogP contribution is 2.47. The molecule has 7 nitrogen and oxygen atoms in total. The lowest BCUT2D eigenvalue weighted by molar-refractivity contribution is 0.103. The van der Waals surface area contributed by atoms with Crippen molar-refractivity contribution < 1.29 is 9.53 Å². The number of nitrogens with one attached hydrogen (secondary N) is 3. The summed E-state index contributed by atoms with van der Waals surface area (Å²) < 4.78 is 7.46. The Hall–Kier alpha value is -1.52. The van der Waals surface area contributed by atoms with Gasteiger partial charge in [0.25, 0.3) is 5.91 Å². The minimum absolute atomic E-state index is 0.0539. The number of amides is 1. The lowest BCUT2D eigenvalue weighted by atomic mass is 9.95. The molecule has 142 valence electrons. The van der Waals surface area contributed by atoms with E-state index in [1.54, 1.807) is 28.6 Å². The summed E-state index contributed by atoms with van der Waals surface area (Å²) in [6.45, 7) is 0.926. The molecule has 4 heterocycles. The molecule has 0 aliphatic carbocycles. The highest BCUT2D eigenvalue weighted by atomic mass is 35.5. The fourth-order valence-electron chi connectivity index (χ4n) is 3.04. The van der Waals surface area contributed by atoms with Gasteiger partial charge in [0.15, 0.2) is 0 Å². The highest BCUT2D eigenvalue weighted by Gasteiger charge is 2.52. The van der Waals surface area contributed by atoms with E-state index in [0.29, 0.717) is 34.1 Å². The molecule has 0 spiro atoms. The summed E-state index contributed by atoms with van der Waals surface area (Å²) in [4.78, 5) is 17.9. The Kier molecular flexibility index (Phi) is 4.98. The number of anilines is 1. The smallest absolute Gasteiger partial charge is 0.266 e. The number of ether oxygens (including phenoxy) is 1. The van der Waals surface area contributed by atoms with Crippen molar-refractivity contribution in [3.05, 3.63) is 44.2 Å². The zero-order valence-electron chi connectivity index (χ0n) is 14.1. The van der Waals surface area contributed by atoms with Crippen LogP contribution in [0.5, 0.6) is 0 Å². The van der Waals surface area contributed by atoms with Crippen LogP contribution in [0.25, 0.3) is 0 Å². The quantitative estimate of drug-likeness (QED) is 0.497. The van der Waals surface area contributed by atoms with Crippen molar-refractivity contribution in [2.75, 3.05) is 25.6 Å². The summed E-state index contributed by atoms with van der Waals surface area (Å²) in [6, 6.07) is 6.65. The Balaban J connectivity index is 1.63. The first-order valence-corrected chi connectivity index (χ1v) is 10.4. The molecule has 0 saturated carbocycles. The van der Waals surface area contributed by atoms with Crippen molar-refractivity contribution in [2.24, 2.45) is 0 Å². The van der Waals surface area contributed by atoms with Gasteiger partial charge in [-0.3, -0.25) is 14.5 Å². The summed E-state index contributed by atoms with van der Waals surface area (Å²) in [5, 5.41) is 14.9. The van der Waals surface area contributed by atoms with Crippen LogP contribution in [0.2, 0.25) is 10.2 Å². The first-order valence-electron chi connectivity index (χ1n) is 7.98. The summed E-state index contributed by atoms with van der Waals surface area (Å²) in [5.41, 5.74) is -0.622. The van der Waals surface area contributed by atoms with E-state index in [9.17, 15) is 4.79 Å². The third-order valence-corrected chi connectivity index (χ3v) is 7.59. The second-order valence-electron chi connectivity index (χ2n) is 6.14. The van der Waals surface area contributed by atoms with Gasteiger partial charge in [-0.25, -0.2) is 4.98 Å². The topological polar surface area (TPSA) is 90.3 Å². The van der Waals surface area contributed by atoms with Gasteiger partial charge in [-0.15, -0.1) is 11.3 Å². The van der Waals surface area contributed by atoms with Gasteiger partial charge in [-0.05, 0) is 30.1 Å². The van der Waals surface area contributed by atoms with Crippen LogP contribution in [-0.4, -0.2) is 46.7 Å². The van der Waals surface area contributed by atoms with Crippen molar-refractivity contribution in [3.8, 4) is 0 Å². The van der Waals surface area contributed by atoms with Crippen LogP contribution in [0.15, 0.2) is 24.3 Å². The minimum atomic E-state index is -0.622. The molecule has 27 heavy (non-hydrogen) atoms. The van der Waals surface area contributed by atoms with E-state index in [4.69, 9.17) is 33.3 Å². The van der Waals surface area contributed by atoms with Crippen LogP contribution in [0.1, 0.15) is 14.5 Å². The molecule has 2 aromatic rings. The van der Waals surface area contributed by atoms with Crippen molar-refractivity contribution in [2.45, 2.75) is 10.8 Å². The number of hydrogen-bond donors (Lipinski definition) is 3. The maximum absolute atomic E-state index is 12.6. The number of halogens is 2. The molecule has 2 aliphatic heterocycles. The van der Waals surface area contributed by atoms with Gasteiger partial charge in [0.1, 0.15) is 16.5 Å². The normalized spacial score (nSPS) is 24.5. The second kappa shape index (κ2) is 7.14. The van der Waals surface area contributed by atoms with Crippen LogP contribution >= 0.6 is 46.5 Å². The predicted molar refractivity (Wildman–Crippen MR) is 109 cm³/mol. The summed E-state index contributed by atoms with van der Waals surface area (Å²) >= 11 is 15.2. The van der Waals surface area contributed by atoms with Crippen molar-refractivity contribution in [1.82, 2.24) is 14.6 Å². The number of rotatable bonds is 3. The third kappa shape index (κ3) is 3.38. The third-order valence-electron chi connectivity index (χ3n) is 4.36. The van der Waals surface area contributed by atoms with Gasteiger partial charge in [-0.1, -0.05) is 29.3 Å². The standard InChI is InChI=1S/C16H15Cl2N5O2S2/c1-23-15(19)22-16(7-25-6-10(16)27-23)13-8(17)5-9(26-13)14(24)21-12-4-2-3-11(18)20-12/h2-5,10H,6-7H2,1H3,(H2,19,22)(H,20,21,24). The van der Waals surface area contributed by atoms with Gasteiger partial charge < -0.3 is 15.4 Å². The molecule has 2 saturated heterocycles. The summed E-state index contributed by atoms with van der Waals surface area (Å²) in [6.07, 6.45) is 0. The van der Waals surface area contributed by atoms with Crippen LogP contribution in [-0.2, 0) is 10.3 Å². The Morgan fingerprint density at radius 1 is 1.52 bits per heavy atom. The van der Waals surface area contributed by atoms with Crippen LogP contribution < -0.4 is 10.6 Å². The number of carbonyl (C=O) groups is 1. The number of pyridine rings is 1. The Morgan fingerprint density at radius 3 is 3.11 bits per heavy atom. The fraction of sp³-hybridized carbons (Fsp3) is 0.312. The molecule has 4 rings (SSSR count). The van der Waals surface area contributed by atoms with Crippen molar-refractivity contribution >= 4 is 64.2 Å². The Bertz CT molecular complexity index is 924. The Labute approximate surface area is 174 Å². The van der Waals surface area contributed by atoms with Crippen LogP contribution in [0, 0.1) is 5.41 Å². The minimum Gasteiger partial charge on any atom is -0.377 e. The first kappa shape index (κ1) is 18.8. The zero-order chi connectivity index (χ0) is 19.2. The van der Waals surface area contributed by atoms with E-state index < -0.39 is 5.54 Å². The summed E-state index contributed by atoms with van der Waals surface area (Å²) in [7, 11) is 1.83. The van der Waals surface area contributed by atoms with E-state index >= 15 is 0 Å². The number of fused-ring (bicyclic) bond motifs is 1. The van der Waals surface area contributed by atoms with Gasteiger partial charge in [-0.2, -0.15) is 0 Å². The molecule has 2 atom stereocenters. The molecule has 3 N–H and O–H groups in total. The molecule has 2 fully saturated rings. The number of nitrogens with zero attached hydrogens (tertiary/aromatic N) is 2. The molecule has 2 aliphatic rings. The van der Waals surface area contributed by atoms with Gasteiger partial charge in [0.05, 0.1) is 33.2 Å². The molecule has 0 bridgehead atoms. The highest BCUT2D eigenvalue weighted by molar-refractivity contribution is 7.98. The zero-order valence-corrected chi connectivity index (χ0v) is 17.2. The maximum Gasteiger partial charge on any atom is 0.266 e. The Morgan fingerprint density at radius 2 is 2.33 bits per heavy atom. The van der Waals surface area contributed by atoms with Gasteiger partial charge >= 0.3 is 0 Å². The molecule has 1 amide bonds. The van der Waals surface area contributed by atoms with E-state index in [1.807, 2.05) is 7.05 Å². The summed E-state index contributed by atoms with van der Waals surface area (Å²) in [5.74, 6) is 0.333. The van der Waals surface area contributed by atoms with E-state index in [1.165, 1.54) is 23.3 Å². The van der Waals surface area contributed by atoms with Gasteiger partial charge in [0.2, 0.25) is 5.96 Å². The number of carbonyl (C=O) groups excluding carboxylic acids is 1. The maximum atomic E-state index is 12.6. The van der Waals surface area contributed by atoms with Crippen molar-refractivity contribution in [1.29, 1.82) is 5.41 Å². The monoisotopic (exact) mass is 443 g/mol. The first-order chi connectivity index (χ1) is 12.9. The molecular formula is C16H15Cl2N5O2S2. The predicted octanol–water partition coefficient (Wildman–Crippen LogP) is 3.41. The lowest BCUT2D eigenvalue weighted by Gasteiger charge is -2.42. The second-order valence-corrected chi connectivity index (χ2v) is 9.31. The number of guanidine groups is 1. The van der Waals surface area contributed by atoms with E-state index in [-0.39, 0.29) is 17.1 Å².